The van der Waals surface area contributed by atoms with Crippen LogP contribution in [0.3, 0.4) is 0 Å². The number of halogens is 2. The highest BCUT2D eigenvalue weighted by molar-refractivity contribution is 7.90. The number of rotatable bonds is 6. The maximum atomic E-state index is 14.3. The summed E-state index contributed by atoms with van der Waals surface area (Å²) in [5.74, 6) is -2.94. The molecule has 1 aliphatic carbocycles. The minimum Gasteiger partial charge on any atom is -0.398 e. The first-order valence-electron chi connectivity index (χ1n) is 11.4. The van der Waals surface area contributed by atoms with Crippen molar-refractivity contribution in [2.45, 2.75) is 10.1 Å². The van der Waals surface area contributed by atoms with Gasteiger partial charge in [-0.25, -0.2) is 8.42 Å². The second kappa shape index (κ2) is 9.88. The summed E-state index contributed by atoms with van der Waals surface area (Å²) in [6.07, 6.45) is 0.728. The minimum absolute atomic E-state index is 0.0110. The molecule has 0 amide bonds. The molecule has 0 unspecified atom stereocenters. The van der Waals surface area contributed by atoms with Gasteiger partial charge in [0, 0.05) is 28.8 Å². The highest BCUT2D eigenvalue weighted by Crippen LogP contribution is 2.38. The van der Waals surface area contributed by atoms with Crippen LogP contribution in [0.15, 0.2) is 64.6 Å². The number of fused-ring (bicyclic) bond motifs is 2. The van der Waals surface area contributed by atoms with E-state index in [9.17, 15) is 35.4 Å². The van der Waals surface area contributed by atoms with Crippen molar-refractivity contribution < 1.29 is 35.4 Å². The Balaban J connectivity index is 1.62. The molecule has 16 heteroatoms. The summed E-state index contributed by atoms with van der Waals surface area (Å²) in [6, 6.07) is 12.5. The van der Waals surface area contributed by atoms with E-state index in [1.165, 1.54) is 30.3 Å². The van der Waals surface area contributed by atoms with E-state index in [1.54, 1.807) is 12.1 Å². The molecule has 4 aromatic rings. The van der Waals surface area contributed by atoms with Crippen LogP contribution in [0.5, 0.6) is 0 Å². The number of carbonyl (C=O) groups is 2. The Morgan fingerprint density at radius 1 is 0.878 bits per heavy atom. The lowest BCUT2D eigenvalue weighted by Gasteiger charge is -2.22. The summed E-state index contributed by atoms with van der Waals surface area (Å²) < 4.78 is 72.0. The predicted octanol–water partition coefficient (Wildman–Crippen LogP) is 3.76. The lowest BCUT2D eigenvalue weighted by molar-refractivity contribution is 0.0980. The zero-order valence-corrected chi connectivity index (χ0v) is 23.0. The van der Waals surface area contributed by atoms with E-state index in [0.717, 1.165) is 18.4 Å². The first-order valence-corrected chi connectivity index (χ1v) is 15.1. The fourth-order valence-corrected chi connectivity index (χ4v) is 5.48. The van der Waals surface area contributed by atoms with Crippen molar-refractivity contribution in [1.82, 2.24) is 9.97 Å². The maximum absolute atomic E-state index is 14.3. The highest BCUT2D eigenvalue weighted by Gasteiger charge is 2.33. The number of anilines is 5. The molecule has 0 bridgehead atoms. The molecule has 0 fully saturated rings. The quantitative estimate of drug-likeness (QED) is 0.0932. The van der Waals surface area contributed by atoms with E-state index in [4.69, 9.17) is 17.3 Å². The zero-order valence-electron chi connectivity index (χ0n) is 20.6. The van der Waals surface area contributed by atoms with Crippen LogP contribution in [0.25, 0.3) is 0 Å². The van der Waals surface area contributed by atoms with Crippen molar-refractivity contribution in [2.24, 2.45) is 0 Å². The monoisotopic (exact) mass is 617 g/mol. The first kappa shape index (κ1) is 28.1. The molecule has 0 saturated carbocycles. The number of carbonyl (C=O) groups excluding carboxylic acids is 2. The van der Waals surface area contributed by atoms with E-state index >= 15 is 0 Å². The van der Waals surface area contributed by atoms with Crippen molar-refractivity contribution >= 4 is 71.7 Å². The largest absolute Gasteiger partial charge is 0.398 e. The molecule has 3 aromatic carbocycles. The molecular weight excluding hydrogens is 601 g/mol. The predicted molar refractivity (Wildman–Crippen MR) is 147 cm³/mol. The molecule has 0 aliphatic heterocycles. The van der Waals surface area contributed by atoms with Gasteiger partial charge in [-0.05, 0) is 30.3 Å². The van der Waals surface area contributed by atoms with Crippen molar-refractivity contribution in [3.63, 3.8) is 0 Å². The lowest BCUT2D eigenvalue weighted by Crippen LogP contribution is -2.23. The van der Waals surface area contributed by atoms with Gasteiger partial charge in [-0.15, -0.1) is 0 Å². The molecule has 0 saturated heterocycles. The topological polar surface area (TPSA) is 199 Å². The van der Waals surface area contributed by atoms with Crippen molar-refractivity contribution in [1.29, 1.82) is 0 Å². The zero-order chi connectivity index (χ0) is 29.9. The van der Waals surface area contributed by atoms with E-state index in [2.05, 4.69) is 20.6 Å². The Morgan fingerprint density at radius 3 is 2.12 bits per heavy atom. The highest BCUT2D eigenvalue weighted by atomic mass is 35.5. The molecule has 0 radical (unpaired) electrons. The number of aromatic nitrogens is 2. The number of nitrogens with zero attached hydrogens (tertiary/aromatic N) is 2. The van der Waals surface area contributed by atoms with Gasteiger partial charge in [-0.1, -0.05) is 35.9 Å². The summed E-state index contributed by atoms with van der Waals surface area (Å²) in [5, 5.41) is 3.66. The molecule has 1 aliphatic rings. The number of nitrogens with two attached hydrogens (primary N) is 1. The van der Waals surface area contributed by atoms with Crippen molar-refractivity contribution in [2.75, 3.05) is 22.6 Å². The number of nitrogens with one attached hydrogen (secondary N) is 2. The van der Waals surface area contributed by atoms with Gasteiger partial charge in [0.2, 0.25) is 15.8 Å². The Morgan fingerprint density at radius 2 is 1.51 bits per heavy atom. The maximum Gasteiger partial charge on any atom is 0.296 e. The Hall–Kier alpha value is -4.44. The fourth-order valence-electron chi connectivity index (χ4n) is 4.21. The van der Waals surface area contributed by atoms with Gasteiger partial charge in [-0.3, -0.25) is 14.1 Å². The Labute approximate surface area is 237 Å². The summed E-state index contributed by atoms with van der Waals surface area (Å²) in [7, 11) is -8.98. The van der Waals surface area contributed by atoms with Crippen LogP contribution in [0, 0.1) is 5.95 Å². The van der Waals surface area contributed by atoms with Gasteiger partial charge in [0.15, 0.2) is 17.4 Å². The van der Waals surface area contributed by atoms with Crippen LogP contribution in [0.1, 0.15) is 31.8 Å². The van der Waals surface area contributed by atoms with Gasteiger partial charge in [0.1, 0.15) is 9.92 Å². The number of benzene rings is 3. The number of sulfone groups is 1. The van der Waals surface area contributed by atoms with E-state index in [-0.39, 0.29) is 39.3 Å². The van der Waals surface area contributed by atoms with Crippen LogP contribution < -0.4 is 16.4 Å². The van der Waals surface area contributed by atoms with Crippen molar-refractivity contribution in [3.8, 4) is 0 Å². The van der Waals surface area contributed by atoms with Crippen LogP contribution in [0.4, 0.5) is 33.0 Å². The summed E-state index contributed by atoms with van der Waals surface area (Å²) >= 11 is 5.90. The number of nitrogen functional groups attached to an aromatic ring is 1. The SMILES string of the molecule is CS(=O)(=O)c1nc(F)c(Cl)c(Nc2cc(Nc3ccc(N)c4c3C(=O)c3ccccc3C4=O)ccc2S(=O)(=O)O)n1. The Bertz CT molecular complexity index is 2040. The molecule has 0 atom stereocenters. The van der Waals surface area contributed by atoms with Gasteiger partial charge >= 0.3 is 0 Å². The summed E-state index contributed by atoms with van der Waals surface area (Å²) in [5.41, 5.74) is 6.35. The molecule has 0 spiro atoms. The second-order valence-corrected chi connectivity index (χ2v) is 12.5. The van der Waals surface area contributed by atoms with E-state index < -0.39 is 64.0 Å². The van der Waals surface area contributed by atoms with Crippen molar-refractivity contribution in [3.05, 3.63) is 87.8 Å². The van der Waals surface area contributed by atoms with Crippen LogP contribution in [-0.4, -0.2) is 49.2 Å². The molecule has 5 N–H and O–H groups in total. The smallest absolute Gasteiger partial charge is 0.296 e. The average Bonchev–Trinajstić information content (AvgIpc) is 2.89. The molecule has 5 rings (SSSR count). The Kier molecular flexibility index (Phi) is 6.77. The van der Waals surface area contributed by atoms with E-state index in [1.807, 2.05) is 0 Å². The number of hydrogen-bond acceptors (Lipinski definition) is 11. The molecule has 12 nitrogen and oxygen atoms in total. The number of ketones is 2. The lowest BCUT2D eigenvalue weighted by atomic mass is 9.82. The molecule has 41 heavy (non-hydrogen) atoms. The van der Waals surface area contributed by atoms with Gasteiger partial charge in [0.25, 0.3) is 15.3 Å². The van der Waals surface area contributed by atoms with Crippen LogP contribution in [0.2, 0.25) is 5.02 Å². The third-order valence-electron chi connectivity index (χ3n) is 6.02. The standard InChI is InChI=1S/C25H17ClFN5O7S2/c1-40(35,36)25-31-23(27)20(26)24(32-25)30-16-10-11(6-9-17(16)41(37,38)39)29-15-8-7-14(28)18-19(15)22(34)13-5-3-2-4-12(13)21(18)33/h2-10,29H,28H2,1H3,(H,30,31,32)(H,37,38,39). The third-order valence-corrected chi connectivity index (χ3v) is 8.11. The van der Waals surface area contributed by atoms with Gasteiger partial charge in [-0.2, -0.15) is 22.8 Å². The molecular formula is C25H17ClFN5O7S2. The summed E-state index contributed by atoms with van der Waals surface area (Å²) in [4.78, 5) is 32.7. The van der Waals surface area contributed by atoms with Crippen LogP contribution >= 0.6 is 11.6 Å². The minimum atomic E-state index is -4.88. The second-order valence-electron chi connectivity index (χ2n) is 8.82. The molecule has 1 heterocycles. The van der Waals surface area contributed by atoms with Gasteiger partial charge < -0.3 is 16.4 Å². The normalized spacial score (nSPS) is 13.0. The fraction of sp³-hybridized carbons (Fsp3) is 0.0400. The first-order chi connectivity index (χ1) is 19.2. The number of hydrogen-bond donors (Lipinski definition) is 4. The molecule has 1 aromatic heterocycles. The molecule has 210 valence electrons. The third kappa shape index (κ3) is 5.11. The summed E-state index contributed by atoms with van der Waals surface area (Å²) in [6.45, 7) is 0. The average molecular weight is 618 g/mol. The van der Waals surface area contributed by atoms with Gasteiger partial charge in [0.05, 0.1) is 22.5 Å². The van der Waals surface area contributed by atoms with Crippen LogP contribution in [-0.2, 0) is 20.0 Å². The van der Waals surface area contributed by atoms with E-state index in [0.29, 0.717) is 0 Å².